The SMILES string of the molecule is COCCN1CC(OC)C1. The first kappa shape index (κ1) is 7.98. The van der Waals surface area contributed by atoms with Crippen LogP contribution in [0.4, 0.5) is 0 Å². The van der Waals surface area contributed by atoms with E-state index in [1.54, 1.807) is 14.2 Å². The predicted octanol–water partition coefficient (Wildman–Crippen LogP) is -0.0366. The highest BCUT2D eigenvalue weighted by molar-refractivity contribution is 4.79. The maximum Gasteiger partial charge on any atom is 0.0824 e. The summed E-state index contributed by atoms with van der Waals surface area (Å²) in [4.78, 5) is 2.32. The van der Waals surface area contributed by atoms with E-state index in [2.05, 4.69) is 4.90 Å². The number of hydrogen-bond acceptors (Lipinski definition) is 3. The summed E-state index contributed by atoms with van der Waals surface area (Å²) in [7, 11) is 3.49. The first-order valence-electron chi connectivity index (χ1n) is 3.61. The standard InChI is InChI=1S/C7H15NO2/c1-9-4-3-8-5-7(6-8)10-2/h7H,3-6H2,1-2H3. The lowest BCUT2D eigenvalue weighted by Gasteiger charge is -2.37. The average Bonchev–Trinajstić information content (AvgIpc) is 1.86. The van der Waals surface area contributed by atoms with Gasteiger partial charge in [0.25, 0.3) is 0 Å². The van der Waals surface area contributed by atoms with E-state index in [0.717, 1.165) is 26.2 Å². The van der Waals surface area contributed by atoms with Crippen molar-refractivity contribution in [1.29, 1.82) is 0 Å². The molecule has 1 aliphatic rings. The van der Waals surface area contributed by atoms with Crippen LogP contribution in [0.3, 0.4) is 0 Å². The zero-order chi connectivity index (χ0) is 7.40. The fraction of sp³-hybridized carbons (Fsp3) is 1.00. The number of hydrogen-bond donors (Lipinski definition) is 0. The number of nitrogens with zero attached hydrogens (tertiary/aromatic N) is 1. The van der Waals surface area contributed by atoms with Gasteiger partial charge in [0.05, 0.1) is 12.7 Å². The fourth-order valence-corrected chi connectivity index (χ4v) is 1.07. The maximum absolute atomic E-state index is 5.11. The van der Waals surface area contributed by atoms with Gasteiger partial charge in [0, 0.05) is 33.9 Å². The van der Waals surface area contributed by atoms with Gasteiger partial charge in [-0.25, -0.2) is 0 Å². The molecule has 0 N–H and O–H groups in total. The van der Waals surface area contributed by atoms with Gasteiger partial charge in [-0.15, -0.1) is 0 Å². The molecule has 0 aromatic heterocycles. The van der Waals surface area contributed by atoms with E-state index in [1.807, 2.05) is 0 Å². The smallest absolute Gasteiger partial charge is 0.0824 e. The highest BCUT2D eigenvalue weighted by Gasteiger charge is 2.25. The van der Waals surface area contributed by atoms with Gasteiger partial charge in [-0.2, -0.15) is 0 Å². The summed E-state index contributed by atoms with van der Waals surface area (Å²) in [6.45, 7) is 4.01. The minimum Gasteiger partial charge on any atom is -0.383 e. The maximum atomic E-state index is 5.11. The van der Waals surface area contributed by atoms with Gasteiger partial charge in [-0.05, 0) is 0 Å². The molecule has 60 valence electrons. The van der Waals surface area contributed by atoms with Crippen LogP contribution < -0.4 is 0 Å². The Bertz CT molecular complexity index is 88.9. The Morgan fingerprint density at radius 2 is 2.10 bits per heavy atom. The predicted molar refractivity (Wildman–Crippen MR) is 39.1 cm³/mol. The molecule has 0 amide bonds. The Balaban J connectivity index is 1.93. The van der Waals surface area contributed by atoms with Gasteiger partial charge < -0.3 is 9.47 Å². The third kappa shape index (κ3) is 1.94. The molecule has 0 spiro atoms. The minimum absolute atomic E-state index is 0.469. The molecule has 3 nitrogen and oxygen atoms in total. The van der Waals surface area contributed by atoms with Gasteiger partial charge in [0.2, 0.25) is 0 Å². The second kappa shape index (κ2) is 3.91. The minimum atomic E-state index is 0.469. The molecular weight excluding hydrogens is 130 g/mol. The molecule has 10 heavy (non-hydrogen) atoms. The van der Waals surface area contributed by atoms with E-state index >= 15 is 0 Å². The number of methoxy groups -OCH3 is 2. The van der Waals surface area contributed by atoms with Crippen molar-refractivity contribution in [1.82, 2.24) is 4.90 Å². The second-order valence-electron chi connectivity index (χ2n) is 2.61. The Hall–Kier alpha value is -0.120. The van der Waals surface area contributed by atoms with E-state index in [-0.39, 0.29) is 0 Å². The van der Waals surface area contributed by atoms with Crippen LogP contribution >= 0.6 is 0 Å². The van der Waals surface area contributed by atoms with Gasteiger partial charge in [0.15, 0.2) is 0 Å². The van der Waals surface area contributed by atoms with Crippen molar-refractivity contribution < 1.29 is 9.47 Å². The second-order valence-corrected chi connectivity index (χ2v) is 2.61. The van der Waals surface area contributed by atoms with E-state index in [1.165, 1.54) is 0 Å². The summed E-state index contributed by atoms with van der Waals surface area (Å²) >= 11 is 0. The van der Waals surface area contributed by atoms with Crippen LogP contribution in [-0.2, 0) is 9.47 Å². The summed E-state index contributed by atoms with van der Waals surface area (Å²) < 4.78 is 10.0. The van der Waals surface area contributed by atoms with Crippen LogP contribution in [0.1, 0.15) is 0 Å². The number of ether oxygens (including phenoxy) is 2. The fourth-order valence-electron chi connectivity index (χ4n) is 1.07. The largest absolute Gasteiger partial charge is 0.383 e. The monoisotopic (exact) mass is 145 g/mol. The Labute approximate surface area is 61.9 Å². The van der Waals surface area contributed by atoms with Crippen molar-refractivity contribution in [3.63, 3.8) is 0 Å². The Morgan fingerprint density at radius 1 is 1.40 bits per heavy atom. The third-order valence-electron chi connectivity index (χ3n) is 1.87. The first-order chi connectivity index (χ1) is 4.86. The van der Waals surface area contributed by atoms with E-state index in [4.69, 9.17) is 9.47 Å². The molecule has 0 atom stereocenters. The lowest BCUT2D eigenvalue weighted by molar-refractivity contribution is -0.0372. The van der Waals surface area contributed by atoms with Crippen molar-refractivity contribution >= 4 is 0 Å². The summed E-state index contributed by atoms with van der Waals surface area (Å²) in [5, 5.41) is 0. The van der Waals surface area contributed by atoms with E-state index in [0.29, 0.717) is 6.10 Å². The lowest BCUT2D eigenvalue weighted by atomic mass is 10.2. The molecule has 3 heteroatoms. The molecule has 0 bridgehead atoms. The van der Waals surface area contributed by atoms with Crippen molar-refractivity contribution in [2.75, 3.05) is 40.5 Å². The van der Waals surface area contributed by atoms with Gasteiger partial charge in [-0.1, -0.05) is 0 Å². The molecule has 0 saturated carbocycles. The molecule has 0 unspecified atom stereocenters. The normalized spacial score (nSPS) is 21.0. The summed E-state index contributed by atoms with van der Waals surface area (Å²) in [6, 6.07) is 0. The van der Waals surface area contributed by atoms with Crippen molar-refractivity contribution in [2.45, 2.75) is 6.10 Å². The molecule has 0 aliphatic carbocycles. The van der Waals surface area contributed by atoms with Gasteiger partial charge in [-0.3, -0.25) is 4.90 Å². The molecule has 1 rings (SSSR count). The van der Waals surface area contributed by atoms with Crippen molar-refractivity contribution in [3.05, 3.63) is 0 Å². The topological polar surface area (TPSA) is 21.7 Å². The lowest BCUT2D eigenvalue weighted by Crippen LogP contribution is -2.52. The molecule has 0 aromatic carbocycles. The van der Waals surface area contributed by atoms with Crippen LogP contribution in [0.15, 0.2) is 0 Å². The van der Waals surface area contributed by atoms with Crippen molar-refractivity contribution in [3.8, 4) is 0 Å². The summed E-state index contributed by atoms with van der Waals surface area (Å²) in [5.41, 5.74) is 0. The molecule has 1 fully saturated rings. The zero-order valence-electron chi connectivity index (χ0n) is 6.67. The molecule has 0 aromatic rings. The molecule has 1 saturated heterocycles. The highest BCUT2D eigenvalue weighted by atomic mass is 16.5. The van der Waals surface area contributed by atoms with Crippen LogP contribution in [0.25, 0.3) is 0 Å². The number of likely N-dealkylation sites (tertiary alicyclic amines) is 1. The average molecular weight is 145 g/mol. The van der Waals surface area contributed by atoms with E-state index < -0.39 is 0 Å². The third-order valence-corrected chi connectivity index (χ3v) is 1.87. The molecule has 1 heterocycles. The first-order valence-corrected chi connectivity index (χ1v) is 3.61. The molecule has 1 aliphatic heterocycles. The molecule has 0 radical (unpaired) electrons. The van der Waals surface area contributed by atoms with Crippen LogP contribution in [0, 0.1) is 0 Å². The highest BCUT2D eigenvalue weighted by Crippen LogP contribution is 2.08. The zero-order valence-corrected chi connectivity index (χ0v) is 6.67. The number of rotatable bonds is 4. The van der Waals surface area contributed by atoms with Crippen LogP contribution in [-0.4, -0.2) is 51.5 Å². The van der Waals surface area contributed by atoms with Crippen molar-refractivity contribution in [2.24, 2.45) is 0 Å². The Morgan fingerprint density at radius 3 is 2.60 bits per heavy atom. The van der Waals surface area contributed by atoms with E-state index in [9.17, 15) is 0 Å². The Kier molecular flexibility index (Phi) is 3.12. The summed E-state index contributed by atoms with van der Waals surface area (Å²) in [6.07, 6.45) is 0.469. The van der Waals surface area contributed by atoms with Crippen LogP contribution in [0.5, 0.6) is 0 Å². The van der Waals surface area contributed by atoms with Gasteiger partial charge >= 0.3 is 0 Å². The quantitative estimate of drug-likeness (QED) is 0.554. The van der Waals surface area contributed by atoms with Crippen LogP contribution in [0.2, 0.25) is 0 Å². The summed E-state index contributed by atoms with van der Waals surface area (Å²) in [5.74, 6) is 0. The molecular formula is C7H15NO2. The van der Waals surface area contributed by atoms with Gasteiger partial charge in [0.1, 0.15) is 0 Å².